The van der Waals surface area contributed by atoms with Gasteiger partial charge in [-0.1, -0.05) is 18.2 Å². The number of amides is 1. The molecule has 1 N–H and O–H groups in total. The van der Waals surface area contributed by atoms with E-state index in [1.165, 1.54) is 6.07 Å². The predicted octanol–water partition coefficient (Wildman–Crippen LogP) is 4.63. The lowest BCUT2D eigenvalue weighted by molar-refractivity contribution is -0.138. The highest BCUT2D eigenvalue weighted by atomic mass is 19.4. The fourth-order valence-electron chi connectivity index (χ4n) is 4.61. The molecule has 0 saturated carbocycles. The van der Waals surface area contributed by atoms with Crippen LogP contribution in [0.25, 0.3) is 22.0 Å². The smallest absolute Gasteiger partial charge is 0.331 e. The van der Waals surface area contributed by atoms with E-state index < -0.39 is 11.7 Å². The van der Waals surface area contributed by atoms with Gasteiger partial charge in [0.05, 0.1) is 11.1 Å². The van der Waals surface area contributed by atoms with Gasteiger partial charge in [-0.2, -0.15) is 13.2 Å². The molecule has 2 aromatic carbocycles. The normalized spacial score (nSPS) is 17.6. The molecular formula is C23H20F3N3O. The van der Waals surface area contributed by atoms with Crippen LogP contribution in [0.5, 0.6) is 0 Å². The summed E-state index contributed by atoms with van der Waals surface area (Å²) < 4.78 is 42.0. The molecule has 2 aliphatic heterocycles. The van der Waals surface area contributed by atoms with E-state index in [9.17, 15) is 18.0 Å². The van der Waals surface area contributed by atoms with E-state index in [0.29, 0.717) is 16.6 Å². The Bertz CT molecular complexity index is 1130. The van der Waals surface area contributed by atoms with E-state index in [0.717, 1.165) is 31.3 Å². The Morgan fingerprint density at radius 2 is 1.83 bits per heavy atom. The number of carbonyl (C=O) groups excluding carboxylic acids is 1. The number of benzene rings is 2. The second-order valence-electron chi connectivity index (χ2n) is 7.84. The third-order valence-electron chi connectivity index (χ3n) is 6.08. The standard InChI is InChI=1S/C23H20F3N3O/c24-23(25,26)20-12-14(16-3-1-5-21-17(16)4-2-8-28-21)11-18-19(20)13-29(22(18)30)15-6-9-27-10-7-15/h1-5,8,11-12,15,27H,6-7,9-10,13H2. The van der Waals surface area contributed by atoms with Crippen LogP contribution < -0.4 is 5.32 Å². The van der Waals surface area contributed by atoms with Crippen molar-refractivity contribution in [2.24, 2.45) is 0 Å². The minimum absolute atomic E-state index is 0.0189. The molecule has 1 fully saturated rings. The van der Waals surface area contributed by atoms with Gasteiger partial charge in [0.1, 0.15) is 0 Å². The summed E-state index contributed by atoms with van der Waals surface area (Å²) in [6.07, 6.45) is -1.38. The number of fused-ring (bicyclic) bond motifs is 2. The lowest BCUT2D eigenvalue weighted by Gasteiger charge is -2.31. The molecule has 7 heteroatoms. The molecule has 3 heterocycles. The quantitative estimate of drug-likeness (QED) is 0.669. The van der Waals surface area contributed by atoms with Crippen molar-refractivity contribution in [2.75, 3.05) is 13.1 Å². The molecule has 1 amide bonds. The Hall–Kier alpha value is -2.93. The third-order valence-corrected chi connectivity index (χ3v) is 6.08. The predicted molar refractivity (Wildman–Crippen MR) is 108 cm³/mol. The van der Waals surface area contributed by atoms with Gasteiger partial charge in [-0.25, -0.2) is 0 Å². The van der Waals surface area contributed by atoms with E-state index in [2.05, 4.69) is 10.3 Å². The number of alkyl halides is 3. The number of hydrogen-bond acceptors (Lipinski definition) is 3. The van der Waals surface area contributed by atoms with E-state index in [4.69, 9.17) is 0 Å². The van der Waals surface area contributed by atoms with Crippen LogP contribution in [-0.2, 0) is 12.7 Å². The van der Waals surface area contributed by atoms with Gasteiger partial charge in [-0.3, -0.25) is 9.78 Å². The largest absolute Gasteiger partial charge is 0.416 e. The number of rotatable bonds is 2. The van der Waals surface area contributed by atoms with Crippen LogP contribution in [0.15, 0.2) is 48.7 Å². The summed E-state index contributed by atoms with van der Waals surface area (Å²) in [6, 6.07) is 11.7. The Morgan fingerprint density at radius 1 is 1.03 bits per heavy atom. The summed E-state index contributed by atoms with van der Waals surface area (Å²) in [7, 11) is 0. The SMILES string of the molecule is O=C1c2cc(-c3cccc4ncccc34)cc(C(F)(F)F)c2CN1C1CCNCC1. The zero-order valence-corrected chi connectivity index (χ0v) is 16.2. The highest BCUT2D eigenvalue weighted by Gasteiger charge is 2.42. The maximum Gasteiger partial charge on any atom is 0.416 e. The molecule has 0 aliphatic carbocycles. The monoisotopic (exact) mass is 411 g/mol. The van der Waals surface area contributed by atoms with Gasteiger partial charge < -0.3 is 10.2 Å². The highest BCUT2D eigenvalue weighted by Crippen LogP contribution is 2.42. The molecule has 2 aliphatic rings. The Kier molecular flexibility index (Phi) is 4.50. The maximum absolute atomic E-state index is 14.0. The average Bonchev–Trinajstić information content (AvgIpc) is 3.09. The minimum atomic E-state index is -4.53. The Balaban J connectivity index is 1.66. The van der Waals surface area contributed by atoms with Gasteiger partial charge in [0, 0.05) is 29.7 Å². The summed E-state index contributed by atoms with van der Waals surface area (Å²) >= 11 is 0. The van der Waals surface area contributed by atoms with Gasteiger partial charge in [0.25, 0.3) is 5.91 Å². The van der Waals surface area contributed by atoms with Crippen molar-refractivity contribution in [3.8, 4) is 11.1 Å². The molecule has 30 heavy (non-hydrogen) atoms. The third kappa shape index (κ3) is 3.13. The van der Waals surface area contributed by atoms with E-state index in [1.807, 2.05) is 12.1 Å². The van der Waals surface area contributed by atoms with Crippen molar-refractivity contribution >= 4 is 16.8 Å². The number of nitrogens with zero attached hydrogens (tertiary/aromatic N) is 2. The van der Waals surface area contributed by atoms with Gasteiger partial charge in [-0.15, -0.1) is 0 Å². The first-order valence-corrected chi connectivity index (χ1v) is 10.0. The summed E-state index contributed by atoms with van der Waals surface area (Å²) in [4.78, 5) is 19.1. The number of pyridine rings is 1. The number of carbonyl (C=O) groups is 1. The van der Waals surface area contributed by atoms with Gasteiger partial charge in [-0.05, 0) is 66.9 Å². The van der Waals surface area contributed by atoms with Gasteiger partial charge in [0.15, 0.2) is 0 Å². The van der Waals surface area contributed by atoms with Crippen molar-refractivity contribution < 1.29 is 18.0 Å². The molecule has 0 spiro atoms. The summed E-state index contributed by atoms with van der Waals surface area (Å²) in [5.41, 5.74) is 1.27. The lowest BCUT2D eigenvalue weighted by Crippen LogP contribution is -2.43. The molecule has 3 aromatic rings. The summed E-state index contributed by atoms with van der Waals surface area (Å²) in [5.74, 6) is -0.303. The zero-order valence-electron chi connectivity index (χ0n) is 16.2. The topological polar surface area (TPSA) is 45.2 Å². The molecular weight excluding hydrogens is 391 g/mol. The fraction of sp³-hybridized carbons (Fsp3) is 0.304. The number of halogens is 3. The van der Waals surface area contributed by atoms with Crippen LogP contribution in [-0.4, -0.2) is 34.9 Å². The van der Waals surface area contributed by atoms with Crippen molar-refractivity contribution in [1.29, 1.82) is 0 Å². The summed E-state index contributed by atoms with van der Waals surface area (Å²) in [5, 5.41) is 3.99. The van der Waals surface area contributed by atoms with Crippen LogP contribution in [0.3, 0.4) is 0 Å². The zero-order chi connectivity index (χ0) is 20.9. The molecule has 4 nitrogen and oxygen atoms in total. The van der Waals surface area contributed by atoms with Crippen LogP contribution >= 0.6 is 0 Å². The van der Waals surface area contributed by atoms with Crippen LogP contribution in [0, 0.1) is 0 Å². The molecule has 0 unspecified atom stereocenters. The number of nitrogens with one attached hydrogen (secondary N) is 1. The first kappa shape index (κ1) is 19.1. The maximum atomic E-state index is 14.0. The van der Waals surface area contributed by atoms with E-state index in [-0.39, 0.29) is 29.6 Å². The summed E-state index contributed by atoms with van der Waals surface area (Å²) in [6.45, 7) is 1.56. The van der Waals surface area contributed by atoms with Crippen LogP contribution in [0.1, 0.15) is 34.3 Å². The Labute approximate surface area is 171 Å². The molecule has 1 saturated heterocycles. The lowest BCUT2D eigenvalue weighted by atomic mass is 9.93. The van der Waals surface area contributed by atoms with E-state index in [1.54, 1.807) is 35.4 Å². The van der Waals surface area contributed by atoms with Crippen LogP contribution in [0.4, 0.5) is 13.2 Å². The molecule has 0 bridgehead atoms. The Morgan fingerprint density at radius 3 is 2.60 bits per heavy atom. The molecule has 154 valence electrons. The molecule has 5 rings (SSSR count). The van der Waals surface area contributed by atoms with E-state index >= 15 is 0 Å². The highest BCUT2D eigenvalue weighted by molar-refractivity contribution is 6.02. The van der Waals surface area contributed by atoms with Crippen molar-refractivity contribution in [2.45, 2.75) is 31.6 Å². The van der Waals surface area contributed by atoms with Crippen molar-refractivity contribution in [3.05, 3.63) is 65.4 Å². The molecule has 0 atom stereocenters. The average molecular weight is 411 g/mol. The van der Waals surface area contributed by atoms with Crippen LogP contribution in [0.2, 0.25) is 0 Å². The minimum Gasteiger partial charge on any atom is -0.331 e. The fourth-order valence-corrected chi connectivity index (χ4v) is 4.61. The number of piperidine rings is 1. The van der Waals surface area contributed by atoms with Crippen molar-refractivity contribution in [3.63, 3.8) is 0 Å². The van der Waals surface area contributed by atoms with Gasteiger partial charge >= 0.3 is 6.18 Å². The first-order chi connectivity index (χ1) is 14.4. The second kappa shape index (κ2) is 7.09. The van der Waals surface area contributed by atoms with Crippen molar-refractivity contribution in [1.82, 2.24) is 15.2 Å². The number of aromatic nitrogens is 1. The van der Waals surface area contributed by atoms with Gasteiger partial charge in [0.2, 0.25) is 0 Å². The molecule has 1 aromatic heterocycles. The number of hydrogen-bond donors (Lipinski definition) is 1. The molecule has 0 radical (unpaired) electrons. The second-order valence-corrected chi connectivity index (χ2v) is 7.84. The first-order valence-electron chi connectivity index (χ1n) is 10.0.